The average Bonchev–Trinajstić information content (AvgIpc) is 3.19. The molecule has 0 atom stereocenters. The van der Waals surface area contributed by atoms with E-state index in [0.29, 0.717) is 11.9 Å². The minimum absolute atomic E-state index is 0.442. The van der Waals surface area contributed by atoms with E-state index >= 15 is 0 Å². The van der Waals surface area contributed by atoms with E-state index in [2.05, 4.69) is 25.0 Å². The number of nitrogens with zero attached hydrogens (tertiary/aromatic N) is 5. The summed E-state index contributed by atoms with van der Waals surface area (Å²) in [5.74, 6) is 2.56. The molecule has 0 unspecified atom stereocenters. The van der Waals surface area contributed by atoms with Crippen LogP contribution >= 0.6 is 11.6 Å². The van der Waals surface area contributed by atoms with Crippen LogP contribution in [0.2, 0.25) is 5.02 Å². The highest BCUT2D eigenvalue weighted by atomic mass is 35.5. The number of rotatable bonds is 3. The Morgan fingerprint density at radius 2 is 1.89 bits per heavy atom. The van der Waals surface area contributed by atoms with Crippen molar-refractivity contribution in [3.8, 4) is 5.69 Å². The number of anilines is 2. The van der Waals surface area contributed by atoms with Crippen LogP contribution in [-0.2, 0) is 0 Å². The fourth-order valence-corrected chi connectivity index (χ4v) is 3.93. The van der Waals surface area contributed by atoms with Gasteiger partial charge >= 0.3 is 0 Å². The molecule has 2 aromatic heterocycles. The minimum atomic E-state index is 0.442. The van der Waals surface area contributed by atoms with Crippen molar-refractivity contribution in [2.24, 2.45) is 0 Å². The highest BCUT2D eigenvalue weighted by Crippen LogP contribution is 2.32. The Hall–Kier alpha value is -2.54. The normalized spacial score (nSPS) is 15.5. The van der Waals surface area contributed by atoms with Gasteiger partial charge in [-0.15, -0.1) is 5.10 Å². The lowest BCUT2D eigenvalue weighted by Crippen LogP contribution is -2.35. The van der Waals surface area contributed by atoms with Crippen LogP contribution in [0.4, 0.5) is 11.9 Å². The van der Waals surface area contributed by atoms with Crippen LogP contribution in [-0.4, -0.2) is 37.8 Å². The van der Waals surface area contributed by atoms with Crippen LogP contribution < -0.4 is 10.6 Å². The van der Waals surface area contributed by atoms with E-state index in [1.165, 1.54) is 0 Å². The molecule has 1 saturated heterocycles. The molecule has 0 amide bonds. The zero-order valence-electron chi connectivity index (χ0n) is 15.8. The lowest BCUT2D eigenvalue weighted by Gasteiger charge is -2.32. The molecule has 27 heavy (non-hydrogen) atoms. The molecule has 142 valence electrons. The number of hydrogen-bond acceptors (Lipinski definition) is 5. The molecule has 0 radical (unpaired) electrons. The maximum atomic E-state index is 6.32. The molecule has 0 bridgehead atoms. The number of hydrogen-bond donors (Lipinski definition) is 2. The van der Waals surface area contributed by atoms with Crippen LogP contribution in [0.15, 0.2) is 18.2 Å². The number of H-pyrrole nitrogens is 1. The average molecular weight is 386 g/mol. The molecule has 3 N–H and O–H groups in total. The summed E-state index contributed by atoms with van der Waals surface area (Å²) < 4.78 is 1.89. The zero-order chi connectivity index (χ0) is 19.1. The van der Waals surface area contributed by atoms with Gasteiger partial charge in [-0.25, -0.2) is 4.98 Å². The van der Waals surface area contributed by atoms with Gasteiger partial charge in [0.25, 0.3) is 0 Å². The van der Waals surface area contributed by atoms with E-state index in [-0.39, 0.29) is 0 Å². The summed E-state index contributed by atoms with van der Waals surface area (Å²) in [6.07, 6.45) is 2.03. The maximum Gasteiger partial charge on any atom is 0.228 e. The van der Waals surface area contributed by atoms with Crippen molar-refractivity contribution in [2.75, 3.05) is 23.7 Å². The van der Waals surface area contributed by atoms with Gasteiger partial charge in [0.05, 0.1) is 11.4 Å². The largest absolute Gasteiger partial charge is 0.369 e. The molecule has 7 nitrogen and oxygen atoms in total. The standard InChI is InChI=1S/C19H24ClN7/c1-11-4-5-15(10-16(11)20)27-19(23-13(3)25-27)26-8-6-14(7-9-26)17-12(2)22-18(21)24-17/h4-5,10,14H,6-9H2,1-3H3,(H3,21,22,24). The summed E-state index contributed by atoms with van der Waals surface area (Å²) >= 11 is 6.32. The molecule has 1 aliphatic heterocycles. The summed E-state index contributed by atoms with van der Waals surface area (Å²) in [4.78, 5) is 14.5. The van der Waals surface area contributed by atoms with Crippen LogP contribution in [0.3, 0.4) is 0 Å². The van der Waals surface area contributed by atoms with Crippen molar-refractivity contribution < 1.29 is 0 Å². The number of nitrogens with one attached hydrogen (secondary N) is 1. The SMILES string of the molecule is Cc1nc(N2CCC(c3[nH]c(N)nc3C)CC2)n(-c2ccc(C)c(Cl)c2)n1. The summed E-state index contributed by atoms with van der Waals surface area (Å²) in [7, 11) is 0. The number of aryl methyl sites for hydroxylation is 3. The Kier molecular flexibility index (Phi) is 4.55. The number of nitrogen functional groups attached to an aromatic ring is 1. The van der Waals surface area contributed by atoms with Crippen molar-refractivity contribution in [1.82, 2.24) is 24.7 Å². The minimum Gasteiger partial charge on any atom is -0.369 e. The zero-order valence-corrected chi connectivity index (χ0v) is 16.6. The van der Waals surface area contributed by atoms with Gasteiger partial charge in [-0.1, -0.05) is 17.7 Å². The second-order valence-corrected chi connectivity index (χ2v) is 7.59. The monoisotopic (exact) mass is 385 g/mol. The van der Waals surface area contributed by atoms with Gasteiger partial charge in [-0.2, -0.15) is 9.67 Å². The van der Waals surface area contributed by atoms with Crippen LogP contribution in [0, 0.1) is 20.8 Å². The Balaban J connectivity index is 1.57. The number of halogens is 1. The quantitative estimate of drug-likeness (QED) is 0.719. The molecule has 4 rings (SSSR count). The topological polar surface area (TPSA) is 88.6 Å². The van der Waals surface area contributed by atoms with Crippen molar-refractivity contribution in [1.29, 1.82) is 0 Å². The van der Waals surface area contributed by atoms with E-state index in [1.807, 2.05) is 43.7 Å². The van der Waals surface area contributed by atoms with E-state index in [1.54, 1.807) is 0 Å². The summed E-state index contributed by atoms with van der Waals surface area (Å²) in [6, 6.07) is 5.98. The van der Waals surface area contributed by atoms with Gasteiger partial charge in [-0.05, 0) is 51.3 Å². The first-order chi connectivity index (χ1) is 12.9. The first kappa shape index (κ1) is 17.9. The van der Waals surface area contributed by atoms with E-state index in [9.17, 15) is 0 Å². The first-order valence-electron chi connectivity index (χ1n) is 9.19. The van der Waals surface area contributed by atoms with Crippen molar-refractivity contribution in [3.05, 3.63) is 46.0 Å². The second-order valence-electron chi connectivity index (χ2n) is 7.19. The molecule has 1 fully saturated rings. The summed E-state index contributed by atoms with van der Waals surface area (Å²) in [5.41, 5.74) is 9.95. The van der Waals surface area contributed by atoms with Crippen molar-refractivity contribution in [3.63, 3.8) is 0 Å². The molecule has 0 spiro atoms. The Labute approximate surface area is 163 Å². The summed E-state index contributed by atoms with van der Waals surface area (Å²) in [6.45, 7) is 7.73. The Bertz CT molecular complexity index is 967. The summed E-state index contributed by atoms with van der Waals surface area (Å²) in [5, 5.41) is 5.33. The third-order valence-electron chi connectivity index (χ3n) is 5.22. The Morgan fingerprint density at radius 1 is 1.15 bits per heavy atom. The number of aromatic nitrogens is 5. The van der Waals surface area contributed by atoms with Gasteiger partial charge in [0.15, 0.2) is 5.95 Å². The van der Waals surface area contributed by atoms with E-state index in [4.69, 9.17) is 17.3 Å². The van der Waals surface area contributed by atoms with Gasteiger partial charge in [0.1, 0.15) is 5.82 Å². The van der Waals surface area contributed by atoms with Gasteiger partial charge in [0, 0.05) is 29.7 Å². The molecule has 0 saturated carbocycles. The van der Waals surface area contributed by atoms with Crippen LogP contribution in [0.1, 0.15) is 41.5 Å². The third-order valence-corrected chi connectivity index (χ3v) is 5.63. The highest BCUT2D eigenvalue weighted by molar-refractivity contribution is 6.31. The molecule has 3 aromatic rings. The highest BCUT2D eigenvalue weighted by Gasteiger charge is 2.27. The molecule has 8 heteroatoms. The van der Waals surface area contributed by atoms with E-state index < -0.39 is 0 Å². The third kappa shape index (κ3) is 3.39. The number of aromatic amines is 1. The lowest BCUT2D eigenvalue weighted by atomic mass is 9.93. The fraction of sp³-hybridized carbons (Fsp3) is 0.421. The molecule has 1 aliphatic rings. The number of imidazole rings is 1. The molecule has 0 aliphatic carbocycles. The fourth-order valence-electron chi connectivity index (χ4n) is 3.76. The molecular weight excluding hydrogens is 362 g/mol. The van der Waals surface area contributed by atoms with Crippen molar-refractivity contribution in [2.45, 2.75) is 39.5 Å². The number of nitrogens with two attached hydrogens (primary N) is 1. The number of piperidine rings is 1. The van der Waals surface area contributed by atoms with Crippen LogP contribution in [0.25, 0.3) is 5.69 Å². The van der Waals surface area contributed by atoms with Crippen molar-refractivity contribution >= 4 is 23.5 Å². The van der Waals surface area contributed by atoms with Crippen LogP contribution in [0.5, 0.6) is 0 Å². The molecule has 3 heterocycles. The Morgan fingerprint density at radius 3 is 2.52 bits per heavy atom. The van der Waals surface area contributed by atoms with Gasteiger partial charge in [0.2, 0.25) is 5.95 Å². The first-order valence-corrected chi connectivity index (χ1v) is 9.57. The lowest BCUT2D eigenvalue weighted by molar-refractivity contribution is 0.488. The predicted molar refractivity (Wildman–Crippen MR) is 108 cm³/mol. The number of benzene rings is 1. The van der Waals surface area contributed by atoms with Gasteiger partial charge in [-0.3, -0.25) is 0 Å². The molecule has 1 aromatic carbocycles. The second kappa shape index (κ2) is 6.88. The predicted octanol–water partition coefficient (Wildman–Crippen LogP) is 3.54. The van der Waals surface area contributed by atoms with Gasteiger partial charge < -0.3 is 15.6 Å². The molecular formula is C19H24ClN7. The van der Waals surface area contributed by atoms with E-state index in [0.717, 1.165) is 65.4 Å². The smallest absolute Gasteiger partial charge is 0.228 e. The maximum absolute atomic E-state index is 6.32.